The van der Waals surface area contributed by atoms with Crippen LogP contribution >= 0.6 is 0 Å². The Morgan fingerprint density at radius 1 is 1.25 bits per heavy atom. The van der Waals surface area contributed by atoms with Crippen molar-refractivity contribution in [1.29, 1.82) is 0 Å². The van der Waals surface area contributed by atoms with Gasteiger partial charge in [-0.3, -0.25) is 0 Å². The average molecular weight is 220 g/mol. The predicted molar refractivity (Wildman–Crippen MR) is 66.9 cm³/mol. The van der Waals surface area contributed by atoms with Crippen LogP contribution in [0.25, 0.3) is 0 Å². The van der Waals surface area contributed by atoms with E-state index >= 15 is 0 Å². The summed E-state index contributed by atoms with van der Waals surface area (Å²) in [6.45, 7) is 2.95. The Labute approximate surface area is 96.9 Å². The lowest BCUT2D eigenvalue weighted by Crippen LogP contribution is -2.17. The van der Waals surface area contributed by atoms with Crippen LogP contribution < -0.4 is 10.6 Å². The number of aryl methyl sites for hydroxylation is 1. The molecule has 1 aromatic carbocycles. The molecule has 0 amide bonds. The van der Waals surface area contributed by atoms with Gasteiger partial charge in [0.25, 0.3) is 0 Å². The van der Waals surface area contributed by atoms with Gasteiger partial charge >= 0.3 is 0 Å². The second kappa shape index (κ2) is 5.21. The van der Waals surface area contributed by atoms with Crippen molar-refractivity contribution < 1.29 is 5.11 Å². The van der Waals surface area contributed by atoms with Crippen molar-refractivity contribution in [1.82, 2.24) is 0 Å². The average Bonchev–Trinajstić information content (AvgIpc) is 2.81. The van der Waals surface area contributed by atoms with Gasteiger partial charge in [0.1, 0.15) is 5.75 Å². The molecule has 0 spiro atoms. The zero-order valence-corrected chi connectivity index (χ0v) is 9.65. The topological polar surface area (TPSA) is 49.5 Å². The number of hydrogen-bond acceptors (Lipinski definition) is 3. The summed E-state index contributed by atoms with van der Waals surface area (Å²) in [5.74, 6) is 0.399. The molecule has 1 aliphatic rings. The highest BCUT2D eigenvalue weighted by Gasteiger charge is 2.13. The lowest BCUT2D eigenvalue weighted by molar-refractivity contribution is 0.467. The van der Waals surface area contributed by atoms with Crippen LogP contribution in [-0.4, -0.2) is 24.7 Å². The summed E-state index contributed by atoms with van der Waals surface area (Å²) in [4.78, 5) is 2.38. The zero-order chi connectivity index (χ0) is 11.4. The van der Waals surface area contributed by atoms with Gasteiger partial charge in [-0.2, -0.15) is 0 Å². The Hall–Kier alpha value is -1.22. The molecular weight excluding hydrogens is 200 g/mol. The maximum atomic E-state index is 9.75. The zero-order valence-electron chi connectivity index (χ0n) is 9.65. The lowest BCUT2D eigenvalue weighted by Gasteiger charge is -2.19. The highest BCUT2D eigenvalue weighted by Crippen LogP contribution is 2.27. The van der Waals surface area contributed by atoms with Crippen molar-refractivity contribution in [2.45, 2.75) is 25.7 Å². The summed E-state index contributed by atoms with van der Waals surface area (Å²) in [7, 11) is 0. The van der Waals surface area contributed by atoms with Crippen LogP contribution in [0.3, 0.4) is 0 Å². The van der Waals surface area contributed by atoms with Crippen LogP contribution in [0.5, 0.6) is 5.75 Å². The van der Waals surface area contributed by atoms with E-state index in [0.29, 0.717) is 12.3 Å². The minimum absolute atomic E-state index is 0.399. The van der Waals surface area contributed by atoms with Gasteiger partial charge in [-0.05, 0) is 56.0 Å². The predicted octanol–water partition coefficient (Wildman–Crippen LogP) is 1.88. The first kappa shape index (κ1) is 11.3. The quantitative estimate of drug-likeness (QED) is 0.814. The maximum Gasteiger partial charge on any atom is 0.118 e. The van der Waals surface area contributed by atoms with Gasteiger partial charge in [0.2, 0.25) is 0 Å². The normalized spacial score (nSPS) is 15.7. The van der Waals surface area contributed by atoms with Crippen molar-refractivity contribution in [2.75, 3.05) is 24.5 Å². The number of nitrogens with two attached hydrogens (primary N) is 1. The maximum absolute atomic E-state index is 9.75. The summed E-state index contributed by atoms with van der Waals surface area (Å²) in [5, 5.41) is 9.75. The number of aromatic hydroxyl groups is 1. The van der Waals surface area contributed by atoms with Crippen LogP contribution in [0, 0.1) is 0 Å². The van der Waals surface area contributed by atoms with E-state index in [9.17, 15) is 5.11 Å². The molecule has 1 heterocycles. The minimum atomic E-state index is 0.399. The van der Waals surface area contributed by atoms with Crippen LogP contribution in [0.4, 0.5) is 5.69 Å². The van der Waals surface area contributed by atoms with Gasteiger partial charge in [-0.15, -0.1) is 0 Å². The van der Waals surface area contributed by atoms with E-state index in [0.717, 1.165) is 31.5 Å². The number of phenols is 1. The summed E-state index contributed by atoms with van der Waals surface area (Å²) in [6.07, 6.45) is 4.35. The van der Waals surface area contributed by atoms with Gasteiger partial charge in [0.05, 0.1) is 0 Å². The fourth-order valence-electron chi connectivity index (χ4n) is 2.24. The molecule has 0 atom stereocenters. The molecule has 0 saturated carbocycles. The fourth-order valence-corrected chi connectivity index (χ4v) is 2.24. The van der Waals surface area contributed by atoms with Crippen LogP contribution in [0.15, 0.2) is 18.2 Å². The van der Waals surface area contributed by atoms with Crippen molar-refractivity contribution >= 4 is 5.69 Å². The molecule has 1 aromatic rings. The molecule has 0 radical (unpaired) electrons. The first-order valence-corrected chi connectivity index (χ1v) is 6.08. The molecule has 1 fully saturated rings. The van der Waals surface area contributed by atoms with E-state index in [2.05, 4.69) is 11.0 Å². The van der Waals surface area contributed by atoms with E-state index in [1.54, 1.807) is 6.07 Å². The molecule has 0 unspecified atom stereocenters. The van der Waals surface area contributed by atoms with E-state index in [-0.39, 0.29) is 0 Å². The molecular formula is C13H20N2O. The Bertz CT molecular complexity index is 346. The lowest BCUT2D eigenvalue weighted by atomic mass is 10.1. The van der Waals surface area contributed by atoms with Crippen molar-refractivity contribution in [3.8, 4) is 5.75 Å². The highest BCUT2D eigenvalue weighted by atomic mass is 16.3. The Morgan fingerprint density at radius 3 is 2.69 bits per heavy atom. The van der Waals surface area contributed by atoms with Crippen LogP contribution in [0.2, 0.25) is 0 Å². The van der Waals surface area contributed by atoms with Crippen LogP contribution in [0.1, 0.15) is 24.8 Å². The monoisotopic (exact) mass is 220 g/mol. The molecule has 3 nitrogen and oxygen atoms in total. The molecule has 88 valence electrons. The number of nitrogens with zero attached hydrogens (tertiary/aromatic N) is 1. The molecule has 0 aromatic heterocycles. The molecule has 16 heavy (non-hydrogen) atoms. The third-order valence-electron chi connectivity index (χ3n) is 3.18. The fraction of sp³-hybridized carbons (Fsp3) is 0.538. The molecule has 3 N–H and O–H groups in total. The molecule has 2 rings (SSSR count). The van der Waals surface area contributed by atoms with Crippen molar-refractivity contribution in [3.05, 3.63) is 23.8 Å². The van der Waals surface area contributed by atoms with Gasteiger partial charge in [-0.1, -0.05) is 0 Å². The Balaban J connectivity index is 2.13. The summed E-state index contributed by atoms with van der Waals surface area (Å²) in [6, 6.07) is 5.92. The summed E-state index contributed by atoms with van der Waals surface area (Å²) >= 11 is 0. The first-order chi connectivity index (χ1) is 7.81. The Morgan fingerprint density at radius 2 is 2.00 bits per heavy atom. The summed E-state index contributed by atoms with van der Waals surface area (Å²) in [5.41, 5.74) is 7.76. The third kappa shape index (κ3) is 2.47. The van der Waals surface area contributed by atoms with E-state index in [1.165, 1.54) is 18.5 Å². The minimum Gasteiger partial charge on any atom is -0.508 e. The molecule has 0 bridgehead atoms. The van der Waals surface area contributed by atoms with Crippen LogP contribution in [-0.2, 0) is 6.42 Å². The third-order valence-corrected chi connectivity index (χ3v) is 3.18. The van der Waals surface area contributed by atoms with E-state index in [4.69, 9.17) is 5.73 Å². The number of phenolic OH excluding ortho intramolecular Hbond substituents is 1. The number of hydrogen-bond donors (Lipinski definition) is 2. The highest BCUT2D eigenvalue weighted by molar-refractivity contribution is 5.53. The van der Waals surface area contributed by atoms with Gasteiger partial charge < -0.3 is 15.7 Å². The van der Waals surface area contributed by atoms with Gasteiger partial charge in [-0.25, -0.2) is 0 Å². The first-order valence-electron chi connectivity index (χ1n) is 6.08. The molecule has 1 aliphatic heterocycles. The van der Waals surface area contributed by atoms with E-state index in [1.807, 2.05) is 6.07 Å². The van der Waals surface area contributed by atoms with Crippen molar-refractivity contribution in [3.63, 3.8) is 0 Å². The number of anilines is 1. The molecule has 0 aliphatic carbocycles. The largest absolute Gasteiger partial charge is 0.508 e. The summed E-state index contributed by atoms with van der Waals surface area (Å²) < 4.78 is 0. The second-order valence-corrected chi connectivity index (χ2v) is 4.40. The second-order valence-electron chi connectivity index (χ2n) is 4.40. The molecule has 1 saturated heterocycles. The van der Waals surface area contributed by atoms with Gasteiger partial charge in [0.15, 0.2) is 0 Å². The smallest absolute Gasteiger partial charge is 0.118 e. The Kier molecular flexibility index (Phi) is 3.67. The van der Waals surface area contributed by atoms with Gasteiger partial charge in [0, 0.05) is 18.8 Å². The van der Waals surface area contributed by atoms with Crippen molar-refractivity contribution in [2.24, 2.45) is 5.73 Å². The SMILES string of the molecule is NCCCc1cc(N2CCCC2)ccc1O. The number of benzene rings is 1. The van der Waals surface area contributed by atoms with E-state index < -0.39 is 0 Å². The standard InChI is InChI=1S/C13H20N2O/c14-7-3-4-11-10-12(5-6-13(11)16)15-8-1-2-9-15/h5-6,10,16H,1-4,7-9,14H2. The molecule has 3 heteroatoms. The number of rotatable bonds is 4.